The second-order valence-corrected chi connectivity index (χ2v) is 12.4. The van der Waals surface area contributed by atoms with Crippen molar-refractivity contribution in [3.05, 3.63) is 0 Å². The van der Waals surface area contributed by atoms with E-state index in [1.54, 1.807) is 21.6 Å². The molecule has 1 aliphatic heterocycles. The van der Waals surface area contributed by atoms with Gasteiger partial charge in [0.15, 0.2) is 6.10 Å². The van der Waals surface area contributed by atoms with Crippen molar-refractivity contribution in [1.29, 1.82) is 0 Å². The molecule has 0 saturated carbocycles. The highest BCUT2D eigenvalue weighted by molar-refractivity contribution is 8.77. The van der Waals surface area contributed by atoms with Crippen LogP contribution >= 0.6 is 21.6 Å². The number of aliphatic hydroxyl groups is 1. The molecule has 0 bridgehead atoms. The summed E-state index contributed by atoms with van der Waals surface area (Å²) in [6.07, 6.45) is -1.65. The average Bonchev–Trinajstić information content (AvgIpc) is 2.64. The monoisotopic (exact) mass is 479 g/mol. The molecule has 0 aromatic heterocycles. The standard InChI is InChI=1S/C20H37N3O6S2/c1-11(2)8-14(19(27)28)23-18(26)16-15(24)7-6-12(29-16)9-22-17(25)13(21)10-30-31-20(3,4)5/h11-16,24H,6-10,21H2,1-5H3,(H,22,25)(H,23,26)(H,27,28)/t12-,13+,14+,15-,16-/m0/s1. The van der Waals surface area contributed by atoms with Gasteiger partial charge in [0.25, 0.3) is 5.91 Å². The lowest BCUT2D eigenvalue weighted by molar-refractivity contribution is -0.160. The molecule has 0 aromatic rings. The van der Waals surface area contributed by atoms with Crippen molar-refractivity contribution in [3.8, 4) is 0 Å². The van der Waals surface area contributed by atoms with Crippen LogP contribution < -0.4 is 16.4 Å². The van der Waals surface area contributed by atoms with Gasteiger partial charge < -0.3 is 31.3 Å². The molecule has 0 spiro atoms. The zero-order valence-electron chi connectivity index (χ0n) is 18.9. The fraction of sp³-hybridized carbons (Fsp3) is 0.850. The first-order chi connectivity index (χ1) is 14.3. The summed E-state index contributed by atoms with van der Waals surface area (Å²) >= 11 is 0. The molecule has 1 saturated heterocycles. The van der Waals surface area contributed by atoms with E-state index in [0.717, 1.165) is 0 Å². The summed E-state index contributed by atoms with van der Waals surface area (Å²) < 4.78 is 5.75. The number of nitrogens with one attached hydrogen (secondary N) is 2. The topological polar surface area (TPSA) is 151 Å². The van der Waals surface area contributed by atoms with Crippen LogP contribution in [-0.2, 0) is 19.1 Å². The van der Waals surface area contributed by atoms with Crippen LogP contribution in [0.5, 0.6) is 0 Å². The van der Waals surface area contributed by atoms with Gasteiger partial charge in [0, 0.05) is 17.0 Å². The van der Waals surface area contributed by atoms with E-state index >= 15 is 0 Å². The van der Waals surface area contributed by atoms with Crippen molar-refractivity contribution in [2.45, 2.75) is 89.0 Å². The SMILES string of the molecule is CC(C)C[C@@H](NC(=O)[C@H]1O[C@H](CNC(=O)[C@H](N)CSSC(C)(C)C)CC[C@@H]1O)C(=O)O. The molecule has 180 valence electrons. The molecule has 11 heteroatoms. The lowest BCUT2D eigenvalue weighted by Gasteiger charge is -2.34. The van der Waals surface area contributed by atoms with Crippen molar-refractivity contribution in [1.82, 2.24) is 10.6 Å². The number of hydrogen-bond acceptors (Lipinski definition) is 8. The highest BCUT2D eigenvalue weighted by Crippen LogP contribution is 2.35. The summed E-state index contributed by atoms with van der Waals surface area (Å²) in [4.78, 5) is 36.1. The van der Waals surface area contributed by atoms with Crippen LogP contribution in [-0.4, -0.2) is 75.4 Å². The zero-order valence-corrected chi connectivity index (χ0v) is 20.6. The highest BCUT2D eigenvalue weighted by Gasteiger charge is 2.37. The molecule has 0 radical (unpaired) electrons. The Bertz CT molecular complexity index is 614. The van der Waals surface area contributed by atoms with Crippen molar-refractivity contribution >= 4 is 39.4 Å². The van der Waals surface area contributed by atoms with Crippen LogP contribution in [0.3, 0.4) is 0 Å². The highest BCUT2D eigenvalue weighted by atomic mass is 33.1. The van der Waals surface area contributed by atoms with Gasteiger partial charge in [-0.25, -0.2) is 4.79 Å². The minimum Gasteiger partial charge on any atom is -0.480 e. The van der Waals surface area contributed by atoms with Crippen molar-refractivity contribution in [3.63, 3.8) is 0 Å². The number of carbonyl (C=O) groups excluding carboxylic acids is 2. The second-order valence-electron chi connectivity index (χ2n) is 9.18. The number of aliphatic carboxylic acids is 1. The van der Waals surface area contributed by atoms with E-state index in [4.69, 9.17) is 10.5 Å². The van der Waals surface area contributed by atoms with Gasteiger partial charge in [-0.1, -0.05) is 56.2 Å². The van der Waals surface area contributed by atoms with E-state index in [-0.39, 0.29) is 29.5 Å². The van der Waals surface area contributed by atoms with E-state index in [2.05, 4.69) is 31.4 Å². The molecule has 9 nitrogen and oxygen atoms in total. The van der Waals surface area contributed by atoms with Crippen molar-refractivity contribution in [2.75, 3.05) is 12.3 Å². The smallest absolute Gasteiger partial charge is 0.326 e. The van der Waals surface area contributed by atoms with Crippen LogP contribution in [0.25, 0.3) is 0 Å². The Balaban J connectivity index is 2.53. The van der Waals surface area contributed by atoms with Gasteiger partial charge in [-0.2, -0.15) is 0 Å². The molecular weight excluding hydrogens is 442 g/mol. The van der Waals surface area contributed by atoms with Gasteiger partial charge in [-0.05, 0) is 25.2 Å². The van der Waals surface area contributed by atoms with Gasteiger partial charge in [0.05, 0.1) is 18.2 Å². The maximum atomic E-state index is 12.5. The maximum Gasteiger partial charge on any atom is 0.326 e. The van der Waals surface area contributed by atoms with Gasteiger partial charge in [0.1, 0.15) is 6.04 Å². The summed E-state index contributed by atoms with van der Waals surface area (Å²) in [5.41, 5.74) is 5.94. The van der Waals surface area contributed by atoms with E-state index < -0.39 is 42.3 Å². The fourth-order valence-corrected chi connectivity index (χ4v) is 5.34. The first-order valence-corrected chi connectivity index (χ1v) is 12.8. The van der Waals surface area contributed by atoms with Crippen LogP contribution in [0, 0.1) is 5.92 Å². The first-order valence-electron chi connectivity index (χ1n) is 10.5. The number of carboxylic acid groups (broad SMARTS) is 1. The molecule has 0 aromatic carbocycles. The normalized spacial score (nSPS) is 23.8. The summed E-state index contributed by atoms with van der Waals surface area (Å²) in [7, 11) is 3.20. The minimum atomic E-state index is -1.18. The molecule has 1 fully saturated rings. The fourth-order valence-electron chi connectivity index (χ4n) is 2.91. The van der Waals surface area contributed by atoms with Crippen molar-refractivity contribution < 1.29 is 29.3 Å². The molecule has 6 N–H and O–H groups in total. The molecule has 31 heavy (non-hydrogen) atoms. The van der Waals surface area contributed by atoms with Crippen molar-refractivity contribution in [2.24, 2.45) is 11.7 Å². The summed E-state index contributed by atoms with van der Waals surface area (Å²) in [6.45, 7) is 10.1. The van der Waals surface area contributed by atoms with Gasteiger partial charge in [-0.15, -0.1) is 0 Å². The molecular formula is C20H37N3O6S2. The van der Waals surface area contributed by atoms with E-state index in [9.17, 15) is 24.6 Å². The molecule has 0 aliphatic carbocycles. The van der Waals surface area contributed by atoms with Crippen LogP contribution in [0.2, 0.25) is 0 Å². The molecule has 0 unspecified atom stereocenters. The lowest BCUT2D eigenvalue weighted by atomic mass is 9.99. The van der Waals surface area contributed by atoms with Gasteiger partial charge in [-0.3, -0.25) is 9.59 Å². The largest absolute Gasteiger partial charge is 0.480 e. The van der Waals surface area contributed by atoms with E-state index in [0.29, 0.717) is 18.6 Å². The van der Waals surface area contributed by atoms with Crippen LogP contribution in [0.1, 0.15) is 53.9 Å². The number of ether oxygens (including phenoxy) is 1. The number of nitrogens with two attached hydrogens (primary N) is 1. The first kappa shape index (κ1) is 28.0. The molecule has 5 atom stereocenters. The van der Waals surface area contributed by atoms with Crippen LogP contribution in [0.4, 0.5) is 0 Å². The Kier molecular flexibility index (Phi) is 11.6. The molecule has 1 rings (SSSR count). The predicted octanol–water partition coefficient (Wildman–Crippen LogP) is 1.13. The average molecular weight is 480 g/mol. The maximum absolute atomic E-state index is 12.5. The predicted molar refractivity (Wildman–Crippen MR) is 124 cm³/mol. The van der Waals surface area contributed by atoms with Gasteiger partial charge >= 0.3 is 5.97 Å². The Labute approximate surface area is 192 Å². The molecule has 2 amide bonds. The number of amides is 2. The Morgan fingerprint density at radius 3 is 2.42 bits per heavy atom. The third-order valence-corrected chi connectivity index (χ3v) is 7.83. The Morgan fingerprint density at radius 2 is 1.87 bits per heavy atom. The van der Waals surface area contributed by atoms with E-state index in [1.165, 1.54) is 0 Å². The number of rotatable bonds is 11. The number of aliphatic hydroxyl groups excluding tert-OH is 1. The Morgan fingerprint density at radius 1 is 1.23 bits per heavy atom. The summed E-state index contributed by atoms with van der Waals surface area (Å²) in [5.74, 6) is -1.56. The Hall–Kier alpha value is -1.01. The van der Waals surface area contributed by atoms with Gasteiger partial charge in [0.2, 0.25) is 5.91 Å². The lowest BCUT2D eigenvalue weighted by Crippen LogP contribution is -2.55. The molecule has 1 heterocycles. The summed E-state index contributed by atoms with van der Waals surface area (Å²) in [6, 6.07) is -1.72. The van der Waals surface area contributed by atoms with E-state index in [1.807, 2.05) is 13.8 Å². The number of carbonyl (C=O) groups is 3. The minimum absolute atomic E-state index is 0.0715. The second kappa shape index (κ2) is 12.9. The quantitative estimate of drug-likeness (QED) is 0.275. The third kappa shape index (κ3) is 10.9. The van der Waals surface area contributed by atoms with Crippen LogP contribution in [0.15, 0.2) is 0 Å². The molecule has 1 aliphatic rings. The zero-order chi connectivity index (χ0) is 23.8. The number of carboxylic acids is 1. The summed E-state index contributed by atoms with van der Waals surface area (Å²) in [5, 5.41) is 24.7. The number of hydrogen-bond donors (Lipinski definition) is 5. The third-order valence-electron chi connectivity index (χ3n) is 4.45.